The Kier molecular flexibility index (Phi) is 5.34. The molecule has 0 fully saturated rings. The van der Waals surface area contributed by atoms with Gasteiger partial charge >= 0.3 is 0 Å². The van der Waals surface area contributed by atoms with Crippen molar-refractivity contribution in [1.29, 1.82) is 0 Å². The summed E-state index contributed by atoms with van der Waals surface area (Å²) in [5.74, 6) is 1.15. The number of ether oxygens (including phenoxy) is 1. The predicted molar refractivity (Wildman–Crippen MR) is 81.6 cm³/mol. The fourth-order valence-corrected chi connectivity index (χ4v) is 2.87. The van der Waals surface area contributed by atoms with Gasteiger partial charge in [-0.1, -0.05) is 11.6 Å². The van der Waals surface area contributed by atoms with Crippen molar-refractivity contribution in [3.8, 4) is 5.75 Å². The topological polar surface area (TPSA) is 47.3 Å². The van der Waals surface area contributed by atoms with E-state index in [1.54, 1.807) is 29.8 Å². The van der Waals surface area contributed by atoms with Gasteiger partial charge in [0, 0.05) is 22.2 Å². The first-order valence-electron chi connectivity index (χ1n) is 6.31. The molecule has 1 N–H and O–H groups in total. The summed E-state index contributed by atoms with van der Waals surface area (Å²) in [5.41, 5.74) is 0.719. The largest absolute Gasteiger partial charge is 0.493 e. The van der Waals surface area contributed by atoms with Gasteiger partial charge in [0.05, 0.1) is 13.3 Å². The minimum absolute atomic E-state index is 0.531. The molecule has 20 heavy (non-hydrogen) atoms. The van der Waals surface area contributed by atoms with Crippen LogP contribution in [0.15, 0.2) is 35.4 Å². The highest BCUT2D eigenvalue weighted by atomic mass is 35.5. The lowest BCUT2D eigenvalue weighted by Gasteiger charge is -2.14. The lowest BCUT2D eigenvalue weighted by molar-refractivity contribution is 0.187. The minimum Gasteiger partial charge on any atom is -0.493 e. The van der Waals surface area contributed by atoms with Crippen molar-refractivity contribution in [2.45, 2.75) is 24.5 Å². The summed E-state index contributed by atoms with van der Waals surface area (Å²) < 4.78 is 7.00. The Bertz CT molecular complexity index is 535. The summed E-state index contributed by atoms with van der Waals surface area (Å²) in [6, 6.07) is 7.56. The molecule has 0 aliphatic rings. The van der Waals surface area contributed by atoms with Gasteiger partial charge in [-0.05, 0) is 31.2 Å². The molecule has 2 rings (SSSR count). The number of hydrogen-bond acceptors (Lipinski definition) is 4. The average Bonchev–Trinajstić information content (AvgIpc) is 2.89. The third-order valence-electron chi connectivity index (χ3n) is 2.90. The Morgan fingerprint density at radius 2 is 2.10 bits per heavy atom. The van der Waals surface area contributed by atoms with Gasteiger partial charge in [-0.15, -0.1) is 11.8 Å². The number of hydrogen-bond donors (Lipinski definition) is 1. The van der Waals surface area contributed by atoms with E-state index < -0.39 is 6.10 Å². The van der Waals surface area contributed by atoms with Gasteiger partial charge in [-0.3, -0.25) is 4.68 Å². The molecule has 0 saturated carbocycles. The fourth-order valence-electron chi connectivity index (χ4n) is 1.91. The maximum absolute atomic E-state index is 10.4. The van der Waals surface area contributed by atoms with Gasteiger partial charge in [-0.2, -0.15) is 5.10 Å². The zero-order valence-electron chi connectivity index (χ0n) is 11.4. The molecule has 4 nitrogen and oxygen atoms in total. The summed E-state index contributed by atoms with van der Waals surface area (Å²) in [6.07, 6.45) is 1.00. The molecule has 0 spiro atoms. The maximum Gasteiger partial charge on any atom is 0.162 e. The lowest BCUT2D eigenvalue weighted by atomic mass is 10.2. The van der Waals surface area contributed by atoms with Gasteiger partial charge in [0.25, 0.3) is 0 Å². The highest BCUT2D eigenvalue weighted by Gasteiger charge is 2.19. The Morgan fingerprint density at radius 3 is 2.70 bits per heavy atom. The minimum atomic E-state index is -0.631. The summed E-state index contributed by atoms with van der Waals surface area (Å²) in [4.78, 5) is 1.06. The van der Waals surface area contributed by atoms with Crippen LogP contribution in [-0.4, -0.2) is 27.7 Å². The van der Waals surface area contributed by atoms with Crippen LogP contribution in [0.1, 0.15) is 18.7 Å². The van der Waals surface area contributed by atoms with E-state index in [1.165, 1.54) is 0 Å². The molecule has 108 valence electrons. The Morgan fingerprint density at radius 1 is 1.40 bits per heavy atom. The number of methoxy groups -OCH3 is 1. The van der Waals surface area contributed by atoms with Crippen molar-refractivity contribution >= 4 is 23.4 Å². The second-order valence-electron chi connectivity index (χ2n) is 4.19. The predicted octanol–water partition coefficient (Wildman–Crippen LogP) is 3.39. The number of rotatable bonds is 6. The molecule has 1 heterocycles. The molecular formula is C14H17ClN2O2S. The number of aromatic nitrogens is 2. The molecule has 2 aromatic rings. The van der Waals surface area contributed by atoms with Crippen LogP contribution in [0, 0.1) is 0 Å². The number of nitrogens with zero attached hydrogens (tertiary/aromatic N) is 2. The molecule has 1 unspecified atom stereocenters. The monoisotopic (exact) mass is 312 g/mol. The lowest BCUT2D eigenvalue weighted by Crippen LogP contribution is -2.11. The Hall–Kier alpha value is -1.17. The van der Waals surface area contributed by atoms with Crippen LogP contribution < -0.4 is 4.74 Å². The summed E-state index contributed by atoms with van der Waals surface area (Å²) in [6.45, 7) is 2.68. The van der Waals surface area contributed by atoms with E-state index in [4.69, 9.17) is 16.3 Å². The second-order valence-corrected chi connectivity index (χ2v) is 5.72. The van der Waals surface area contributed by atoms with Crippen LogP contribution >= 0.6 is 23.4 Å². The van der Waals surface area contributed by atoms with Crippen molar-refractivity contribution < 1.29 is 9.84 Å². The summed E-state index contributed by atoms with van der Waals surface area (Å²) in [7, 11) is 1.58. The number of thioether (sulfide) groups is 1. The molecule has 6 heteroatoms. The maximum atomic E-state index is 10.4. The van der Waals surface area contributed by atoms with E-state index in [0.717, 1.165) is 10.6 Å². The van der Waals surface area contributed by atoms with E-state index in [0.29, 0.717) is 23.1 Å². The zero-order valence-corrected chi connectivity index (χ0v) is 13.0. The molecular weight excluding hydrogens is 296 g/mol. The molecule has 0 radical (unpaired) electrons. The summed E-state index contributed by atoms with van der Waals surface area (Å²) >= 11 is 7.42. The molecule has 0 amide bonds. The van der Waals surface area contributed by atoms with Crippen molar-refractivity contribution in [3.63, 3.8) is 0 Å². The van der Waals surface area contributed by atoms with E-state index in [-0.39, 0.29) is 0 Å². The molecule has 1 aromatic heterocycles. The van der Waals surface area contributed by atoms with E-state index >= 15 is 0 Å². The van der Waals surface area contributed by atoms with Crippen LogP contribution in [0.2, 0.25) is 5.02 Å². The summed E-state index contributed by atoms with van der Waals surface area (Å²) in [5, 5.41) is 15.3. The Balaban J connectivity index is 2.06. The van der Waals surface area contributed by atoms with Crippen LogP contribution in [-0.2, 0) is 6.54 Å². The third kappa shape index (κ3) is 3.48. The van der Waals surface area contributed by atoms with Gasteiger partial charge < -0.3 is 9.84 Å². The molecule has 0 aliphatic carbocycles. The van der Waals surface area contributed by atoms with Crippen molar-refractivity contribution in [2.24, 2.45) is 0 Å². The Labute approximate surface area is 127 Å². The molecule has 0 saturated heterocycles. The standard InChI is InChI=1S/C14H17ClN2O2S/c1-3-17-14(13(19-2)8-16-17)12(18)9-20-11-6-4-10(15)5-7-11/h4-8,12,18H,3,9H2,1-2H3. The van der Waals surface area contributed by atoms with E-state index in [2.05, 4.69) is 5.10 Å². The van der Waals surface area contributed by atoms with Crippen LogP contribution in [0.5, 0.6) is 5.75 Å². The molecule has 0 bridgehead atoms. The van der Waals surface area contributed by atoms with Crippen molar-refractivity contribution in [2.75, 3.05) is 12.9 Å². The highest BCUT2D eigenvalue weighted by molar-refractivity contribution is 7.99. The second kappa shape index (κ2) is 7.02. The number of aliphatic hydroxyl groups is 1. The van der Waals surface area contributed by atoms with Crippen molar-refractivity contribution in [3.05, 3.63) is 41.2 Å². The van der Waals surface area contributed by atoms with Crippen LogP contribution in [0.4, 0.5) is 0 Å². The van der Waals surface area contributed by atoms with Crippen LogP contribution in [0.25, 0.3) is 0 Å². The first kappa shape index (κ1) is 15.2. The molecule has 0 aliphatic heterocycles. The quantitative estimate of drug-likeness (QED) is 0.831. The SMILES string of the molecule is CCn1ncc(OC)c1C(O)CSc1ccc(Cl)cc1. The fraction of sp³-hybridized carbons (Fsp3) is 0.357. The van der Waals surface area contributed by atoms with Gasteiger partial charge in [-0.25, -0.2) is 0 Å². The normalized spacial score (nSPS) is 12.4. The zero-order chi connectivity index (χ0) is 14.5. The smallest absolute Gasteiger partial charge is 0.162 e. The molecule has 1 aromatic carbocycles. The third-order valence-corrected chi connectivity index (χ3v) is 4.24. The number of aryl methyl sites for hydroxylation is 1. The molecule has 1 atom stereocenters. The first-order valence-corrected chi connectivity index (χ1v) is 7.68. The number of halogens is 1. The van der Waals surface area contributed by atoms with Gasteiger partial charge in [0.2, 0.25) is 0 Å². The van der Waals surface area contributed by atoms with Gasteiger partial charge in [0.15, 0.2) is 5.75 Å². The number of aliphatic hydroxyl groups excluding tert-OH is 1. The van der Waals surface area contributed by atoms with E-state index in [1.807, 2.05) is 31.2 Å². The first-order chi connectivity index (χ1) is 9.65. The van der Waals surface area contributed by atoms with E-state index in [9.17, 15) is 5.11 Å². The number of benzene rings is 1. The van der Waals surface area contributed by atoms with Crippen LogP contribution in [0.3, 0.4) is 0 Å². The average molecular weight is 313 g/mol. The van der Waals surface area contributed by atoms with Crippen molar-refractivity contribution in [1.82, 2.24) is 9.78 Å². The highest BCUT2D eigenvalue weighted by Crippen LogP contribution is 2.30. The van der Waals surface area contributed by atoms with Gasteiger partial charge in [0.1, 0.15) is 11.8 Å².